The van der Waals surface area contributed by atoms with Gasteiger partial charge in [-0.3, -0.25) is 0 Å². The number of rotatable bonds is 5. The van der Waals surface area contributed by atoms with Crippen LogP contribution in [0.15, 0.2) is 24.3 Å². The third-order valence-electron chi connectivity index (χ3n) is 3.04. The summed E-state index contributed by atoms with van der Waals surface area (Å²) in [4.78, 5) is 0. The number of hydrogen-bond donors (Lipinski definition) is 3. The third-order valence-corrected chi connectivity index (χ3v) is 3.77. The second kappa shape index (κ2) is 5.69. The van der Waals surface area contributed by atoms with Gasteiger partial charge in [0.25, 0.3) is 0 Å². The van der Waals surface area contributed by atoms with Crippen LogP contribution in [-0.2, 0) is 15.8 Å². The van der Waals surface area contributed by atoms with Crippen molar-refractivity contribution < 1.29 is 8.42 Å². The number of nitrogens with two attached hydrogens (primary N) is 1. The molecule has 1 fully saturated rings. The topological polar surface area (TPSA) is 84.2 Å². The Morgan fingerprint density at radius 2 is 2.06 bits per heavy atom. The third kappa shape index (κ3) is 4.29. The van der Waals surface area contributed by atoms with Gasteiger partial charge in [0.2, 0.25) is 10.0 Å². The lowest BCUT2D eigenvalue weighted by molar-refractivity contribution is 0.597. The fourth-order valence-electron chi connectivity index (χ4n) is 2.12. The average Bonchev–Trinajstić information content (AvgIpc) is 2.79. The van der Waals surface area contributed by atoms with Gasteiger partial charge in [-0.15, -0.1) is 0 Å². The van der Waals surface area contributed by atoms with Crippen LogP contribution in [0.3, 0.4) is 0 Å². The molecule has 0 aromatic heterocycles. The molecule has 0 spiro atoms. The van der Waals surface area contributed by atoms with Crippen LogP contribution in [0.5, 0.6) is 0 Å². The summed E-state index contributed by atoms with van der Waals surface area (Å²) >= 11 is 0. The second-order valence-electron chi connectivity index (χ2n) is 4.68. The molecular weight excluding hydrogens is 250 g/mol. The van der Waals surface area contributed by atoms with Crippen molar-refractivity contribution in [1.82, 2.24) is 5.32 Å². The Morgan fingerprint density at radius 3 is 2.61 bits per heavy atom. The summed E-state index contributed by atoms with van der Waals surface area (Å²) in [5.41, 5.74) is 1.71. The minimum absolute atomic E-state index is 0.114. The summed E-state index contributed by atoms with van der Waals surface area (Å²) in [5.74, 6) is -0.114. The summed E-state index contributed by atoms with van der Waals surface area (Å²) in [7, 11) is -3.45. The lowest BCUT2D eigenvalue weighted by atomic mass is 10.2. The predicted molar refractivity (Wildman–Crippen MR) is 72.8 cm³/mol. The van der Waals surface area contributed by atoms with E-state index in [1.807, 2.05) is 12.1 Å². The van der Waals surface area contributed by atoms with Gasteiger partial charge in [0.15, 0.2) is 0 Å². The van der Waals surface area contributed by atoms with E-state index in [-0.39, 0.29) is 5.75 Å². The number of benzene rings is 1. The molecule has 1 atom stereocenters. The molecule has 18 heavy (non-hydrogen) atoms. The van der Waals surface area contributed by atoms with Crippen LogP contribution in [0.1, 0.15) is 18.4 Å². The van der Waals surface area contributed by atoms with Gasteiger partial charge in [0.1, 0.15) is 0 Å². The molecule has 6 heteroatoms. The van der Waals surface area contributed by atoms with E-state index in [1.54, 1.807) is 12.1 Å². The van der Waals surface area contributed by atoms with Crippen LogP contribution in [0.2, 0.25) is 0 Å². The fourth-order valence-corrected chi connectivity index (χ4v) is 2.78. The Labute approximate surface area is 108 Å². The van der Waals surface area contributed by atoms with E-state index in [4.69, 9.17) is 5.14 Å². The molecule has 0 amide bonds. The molecule has 0 aliphatic carbocycles. The van der Waals surface area contributed by atoms with E-state index in [9.17, 15) is 8.42 Å². The van der Waals surface area contributed by atoms with Gasteiger partial charge in [0.05, 0.1) is 5.75 Å². The first-order chi connectivity index (χ1) is 8.53. The van der Waals surface area contributed by atoms with Gasteiger partial charge in [-0.25, -0.2) is 13.6 Å². The van der Waals surface area contributed by atoms with Crippen LogP contribution in [0.25, 0.3) is 0 Å². The molecule has 1 heterocycles. The molecule has 5 nitrogen and oxygen atoms in total. The van der Waals surface area contributed by atoms with Crippen molar-refractivity contribution >= 4 is 15.7 Å². The molecule has 0 saturated carbocycles. The van der Waals surface area contributed by atoms with Gasteiger partial charge in [-0.1, -0.05) is 12.1 Å². The van der Waals surface area contributed by atoms with Crippen molar-refractivity contribution in [2.75, 3.05) is 18.4 Å². The highest BCUT2D eigenvalue weighted by atomic mass is 32.2. The average molecular weight is 269 g/mol. The molecule has 1 aromatic carbocycles. The lowest BCUT2D eigenvalue weighted by Gasteiger charge is -2.12. The summed E-state index contributed by atoms with van der Waals surface area (Å²) in [6.07, 6.45) is 2.44. The maximum atomic E-state index is 10.9. The van der Waals surface area contributed by atoms with Gasteiger partial charge in [-0.05, 0) is 37.1 Å². The van der Waals surface area contributed by atoms with Gasteiger partial charge in [0, 0.05) is 18.3 Å². The Bertz CT molecular complexity index is 479. The molecular formula is C12H19N3O2S. The van der Waals surface area contributed by atoms with E-state index < -0.39 is 10.0 Å². The van der Waals surface area contributed by atoms with E-state index >= 15 is 0 Å². The predicted octanol–water partition coefficient (Wildman–Crippen LogP) is 0.639. The molecule has 1 unspecified atom stereocenters. The van der Waals surface area contributed by atoms with E-state index in [0.29, 0.717) is 11.6 Å². The largest absolute Gasteiger partial charge is 0.383 e. The Balaban J connectivity index is 1.87. The highest BCUT2D eigenvalue weighted by Gasteiger charge is 2.13. The lowest BCUT2D eigenvalue weighted by Crippen LogP contribution is -2.29. The number of nitrogens with one attached hydrogen (secondary N) is 2. The minimum atomic E-state index is -3.45. The molecule has 100 valence electrons. The van der Waals surface area contributed by atoms with Crippen LogP contribution in [0.4, 0.5) is 5.69 Å². The van der Waals surface area contributed by atoms with Crippen molar-refractivity contribution in [3.8, 4) is 0 Å². The zero-order chi connectivity index (χ0) is 13.0. The molecule has 0 radical (unpaired) electrons. The molecule has 1 aliphatic rings. The number of primary sulfonamides is 1. The molecule has 4 N–H and O–H groups in total. The first kappa shape index (κ1) is 13.3. The number of hydrogen-bond acceptors (Lipinski definition) is 4. The summed E-state index contributed by atoms with van der Waals surface area (Å²) in [6, 6.07) is 7.88. The number of sulfonamides is 1. The number of anilines is 1. The molecule has 1 aromatic rings. The zero-order valence-corrected chi connectivity index (χ0v) is 11.0. The fraction of sp³-hybridized carbons (Fsp3) is 0.500. The van der Waals surface area contributed by atoms with E-state index in [2.05, 4.69) is 10.6 Å². The van der Waals surface area contributed by atoms with Crippen molar-refractivity contribution in [2.45, 2.75) is 24.6 Å². The molecule has 1 aliphatic heterocycles. The maximum absolute atomic E-state index is 10.9. The second-order valence-corrected chi connectivity index (χ2v) is 6.29. The normalized spacial score (nSPS) is 19.9. The van der Waals surface area contributed by atoms with Crippen LogP contribution >= 0.6 is 0 Å². The van der Waals surface area contributed by atoms with Crippen LogP contribution in [0, 0.1) is 0 Å². The highest BCUT2D eigenvalue weighted by Crippen LogP contribution is 2.12. The summed E-state index contributed by atoms with van der Waals surface area (Å²) in [6.45, 7) is 1.99. The quantitative estimate of drug-likeness (QED) is 0.732. The minimum Gasteiger partial charge on any atom is -0.383 e. The van der Waals surface area contributed by atoms with E-state index in [0.717, 1.165) is 18.8 Å². The molecule has 0 bridgehead atoms. The van der Waals surface area contributed by atoms with Crippen molar-refractivity contribution in [3.63, 3.8) is 0 Å². The van der Waals surface area contributed by atoms with E-state index in [1.165, 1.54) is 12.8 Å². The smallest absolute Gasteiger partial charge is 0.213 e. The van der Waals surface area contributed by atoms with Crippen molar-refractivity contribution in [3.05, 3.63) is 29.8 Å². The first-order valence-corrected chi connectivity index (χ1v) is 7.81. The zero-order valence-electron chi connectivity index (χ0n) is 10.2. The first-order valence-electron chi connectivity index (χ1n) is 6.09. The van der Waals surface area contributed by atoms with Crippen LogP contribution < -0.4 is 15.8 Å². The van der Waals surface area contributed by atoms with Gasteiger partial charge >= 0.3 is 0 Å². The van der Waals surface area contributed by atoms with Crippen LogP contribution in [-0.4, -0.2) is 27.5 Å². The Hall–Kier alpha value is -1.11. The standard InChI is InChI=1S/C12H19N3O2S/c13-18(16,17)9-10-3-5-11(6-4-10)15-8-12-2-1-7-14-12/h3-6,12,14-15H,1-2,7-9H2,(H2,13,16,17). The SMILES string of the molecule is NS(=O)(=O)Cc1ccc(NCC2CCCN2)cc1. The van der Waals surface area contributed by atoms with Crippen molar-refractivity contribution in [1.29, 1.82) is 0 Å². The maximum Gasteiger partial charge on any atom is 0.213 e. The van der Waals surface area contributed by atoms with Crippen molar-refractivity contribution in [2.24, 2.45) is 5.14 Å². The monoisotopic (exact) mass is 269 g/mol. The summed E-state index contributed by atoms with van der Waals surface area (Å²) in [5, 5.41) is 11.7. The Kier molecular flexibility index (Phi) is 4.21. The Morgan fingerprint density at radius 1 is 1.33 bits per heavy atom. The molecule has 2 rings (SSSR count). The van der Waals surface area contributed by atoms with Gasteiger partial charge < -0.3 is 10.6 Å². The highest BCUT2D eigenvalue weighted by molar-refractivity contribution is 7.88. The molecule has 1 saturated heterocycles. The summed E-state index contributed by atoms with van der Waals surface area (Å²) < 4.78 is 21.9. The van der Waals surface area contributed by atoms with Gasteiger partial charge in [-0.2, -0.15) is 0 Å².